The quantitative estimate of drug-likeness (QED) is 0.218. The topological polar surface area (TPSA) is 60.7 Å². The van der Waals surface area contributed by atoms with Crippen molar-refractivity contribution >= 4 is 0 Å². The van der Waals surface area contributed by atoms with Crippen LogP contribution in [0.5, 0.6) is 17.2 Å². The van der Waals surface area contributed by atoms with Crippen LogP contribution in [0.25, 0.3) is 0 Å². The fourth-order valence-electron chi connectivity index (χ4n) is 3.50. The van der Waals surface area contributed by atoms with Crippen LogP contribution in [-0.2, 0) is 12.8 Å². The summed E-state index contributed by atoms with van der Waals surface area (Å²) in [5, 5.41) is 30.6. The third kappa shape index (κ3) is 8.45. The van der Waals surface area contributed by atoms with Gasteiger partial charge in [-0.05, 0) is 49.4 Å². The van der Waals surface area contributed by atoms with Crippen molar-refractivity contribution in [2.75, 3.05) is 0 Å². The van der Waals surface area contributed by atoms with Crippen LogP contribution >= 0.6 is 0 Å². The lowest BCUT2D eigenvalue weighted by molar-refractivity contribution is 0.309. The predicted octanol–water partition coefficient (Wildman–Crippen LogP) is 7.10. The maximum absolute atomic E-state index is 10.4. The molecule has 0 spiro atoms. The number of phenols is 3. The van der Waals surface area contributed by atoms with Crippen molar-refractivity contribution in [1.29, 1.82) is 0 Å². The van der Waals surface area contributed by atoms with E-state index in [0.29, 0.717) is 17.3 Å². The minimum atomic E-state index is -0.215. The number of benzene rings is 1. The Kier molecular flexibility index (Phi) is 8.98. The molecule has 0 amide bonds. The Morgan fingerprint density at radius 1 is 0.704 bits per heavy atom. The van der Waals surface area contributed by atoms with Gasteiger partial charge in [-0.25, -0.2) is 0 Å². The van der Waals surface area contributed by atoms with E-state index >= 15 is 0 Å². The van der Waals surface area contributed by atoms with E-state index < -0.39 is 0 Å². The molecule has 0 aliphatic heterocycles. The molecule has 1 rings (SSSR count). The normalized spacial score (nSPS) is 12.5. The molecule has 0 fully saturated rings. The van der Waals surface area contributed by atoms with Crippen LogP contribution in [0, 0.1) is 10.8 Å². The first-order valence-corrected chi connectivity index (χ1v) is 10.7. The number of hydrogen-bond acceptors (Lipinski definition) is 3. The van der Waals surface area contributed by atoms with E-state index in [2.05, 4.69) is 41.5 Å². The van der Waals surface area contributed by atoms with Crippen molar-refractivity contribution in [3.05, 3.63) is 17.2 Å². The fourth-order valence-corrected chi connectivity index (χ4v) is 3.50. The molecule has 0 unspecified atom stereocenters. The van der Waals surface area contributed by atoms with E-state index in [0.717, 1.165) is 56.1 Å². The van der Waals surface area contributed by atoms with Gasteiger partial charge in [0.15, 0.2) is 11.5 Å². The zero-order valence-electron chi connectivity index (χ0n) is 18.5. The highest BCUT2D eigenvalue weighted by Crippen LogP contribution is 2.39. The molecule has 0 saturated heterocycles. The molecule has 27 heavy (non-hydrogen) atoms. The molecular formula is C24H42O3. The van der Waals surface area contributed by atoms with E-state index in [1.165, 1.54) is 18.9 Å². The van der Waals surface area contributed by atoms with Crippen LogP contribution in [0.3, 0.4) is 0 Å². The second-order valence-corrected chi connectivity index (χ2v) is 10.1. The molecule has 156 valence electrons. The first kappa shape index (κ1) is 23.7. The lowest BCUT2D eigenvalue weighted by Crippen LogP contribution is -2.09. The van der Waals surface area contributed by atoms with E-state index in [1.807, 2.05) is 0 Å². The number of hydrogen-bond donors (Lipinski definition) is 3. The van der Waals surface area contributed by atoms with Crippen molar-refractivity contribution in [3.8, 4) is 17.2 Å². The summed E-state index contributed by atoms with van der Waals surface area (Å²) in [5.41, 5.74) is 2.25. The van der Waals surface area contributed by atoms with E-state index in [9.17, 15) is 15.3 Å². The lowest BCUT2D eigenvalue weighted by Gasteiger charge is -2.22. The summed E-state index contributed by atoms with van der Waals surface area (Å²) in [6, 6.07) is 1.28. The first-order chi connectivity index (χ1) is 12.5. The van der Waals surface area contributed by atoms with Gasteiger partial charge in [-0.3, -0.25) is 0 Å². The third-order valence-electron chi connectivity index (χ3n) is 5.82. The predicted molar refractivity (Wildman–Crippen MR) is 115 cm³/mol. The maximum atomic E-state index is 10.4. The minimum absolute atomic E-state index is 0.0488. The standard InChI is InChI=1S/C24H42O3/c1-7-24(5,6)16-12-10-14-19-18(20(25)17-21(26)22(19)27)13-9-8-11-15-23(2,3)4/h17,25-27H,7-16H2,1-6H3. The Morgan fingerprint density at radius 3 is 1.85 bits per heavy atom. The number of phenolic OH excluding ortho intramolecular Hbond substituents is 3. The van der Waals surface area contributed by atoms with Gasteiger partial charge in [-0.1, -0.05) is 67.2 Å². The summed E-state index contributed by atoms with van der Waals surface area (Å²) >= 11 is 0. The molecule has 0 bridgehead atoms. The van der Waals surface area contributed by atoms with Gasteiger partial charge in [0.05, 0.1) is 0 Å². The van der Waals surface area contributed by atoms with Crippen LogP contribution in [0.2, 0.25) is 0 Å². The summed E-state index contributed by atoms with van der Waals surface area (Å²) in [6.45, 7) is 13.6. The molecule has 1 aromatic carbocycles. The van der Waals surface area contributed by atoms with Crippen LogP contribution in [-0.4, -0.2) is 15.3 Å². The van der Waals surface area contributed by atoms with Gasteiger partial charge in [0.2, 0.25) is 0 Å². The van der Waals surface area contributed by atoms with Crippen molar-refractivity contribution in [2.24, 2.45) is 10.8 Å². The smallest absolute Gasteiger partial charge is 0.161 e. The summed E-state index contributed by atoms with van der Waals surface area (Å²) in [5.74, 6) is -0.148. The minimum Gasteiger partial charge on any atom is -0.508 e. The maximum Gasteiger partial charge on any atom is 0.161 e. The van der Waals surface area contributed by atoms with E-state index in [1.54, 1.807) is 0 Å². The van der Waals surface area contributed by atoms with Gasteiger partial charge in [0.1, 0.15) is 5.75 Å². The summed E-state index contributed by atoms with van der Waals surface area (Å²) < 4.78 is 0. The molecule has 0 aromatic heterocycles. The van der Waals surface area contributed by atoms with Gasteiger partial charge < -0.3 is 15.3 Å². The second kappa shape index (κ2) is 10.2. The Labute approximate surface area is 166 Å². The van der Waals surface area contributed by atoms with E-state index in [4.69, 9.17) is 0 Å². The summed E-state index contributed by atoms with van der Waals surface area (Å²) in [7, 11) is 0. The van der Waals surface area contributed by atoms with Gasteiger partial charge in [0, 0.05) is 17.2 Å². The molecule has 0 atom stereocenters. The molecule has 0 saturated carbocycles. The Morgan fingerprint density at radius 2 is 1.26 bits per heavy atom. The van der Waals surface area contributed by atoms with E-state index in [-0.39, 0.29) is 17.2 Å². The molecule has 3 N–H and O–H groups in total. The molecule has 0 heterocycles. The van der Waals surface area contributed by atoms with Gasteiger partial charge in [-0.2, -0.15) is 0 Å². The van der Waals surface area contributed by atoms with Gasteiger partial charge >= 0.3 is 0 Å². The molecular weight excluding hydrogens is 336 g/mol. The average Bonchev–Trinajstić information content (AvgIpc) is 2.56. The Balaban J connectivity index is 2.69. The SMILES string of the molecule is CCC(C)(C)CCCCc1c(O)c(O)cc(O)c1CCCCCC(C)(C)C. The molecule has 0 aliphatic rings. The highest BCUT2D eigenvalue weighted by Gasteiger charge is 2.18. The molecule has 1 aromatic rings. The van der Waals surface area contributed by atoms with Gasteiger partial charge in [-0.15, -0.1) is 0 Å². The third-order valence-corrected chi connectivity index (χ3v) is 5.82. The Hall–Kier alpha value is -1.38. The average molecular weight is 379 g/mol. The highest BCUT2D eigenvalue weighted by atomic mass is 16.3. The number of aromatic hydroxyl groups is 3. The van der Waals surface area contributed by atoms with Crippen LogP contribution in [0.1, 0.15) is 104 Å². The number of unbranched alkanes of at least 4 members (excludes halogenated alkanes) is 3. The van der Waals surface area contributed by atoms with Crippen LogP contribution < -0.4 is 0 Å². The highest BCUT2D eigenvalue weighted by molar-refractivity contribution is 5.55. The fraction of sp³-hybridized carbons (Fsp3) is 0.750. The second-order valence-electron chi connectivity index (χ2n) is 10.1. The Bertz CT molecular complexity index is 582. The van der Waals surface area contributed by atoms with Crippen molar-refractivity contribution in [2.45, 2.75) is 106 Å². The molecule has 0 radical (unpaired) electrons. The lowest BCUT2D eigenvalue weighted by atomic mass is 9.84. The summed E-state index contributed by atoms with van der Waals surface area (Å²) in [4.78, 5) is 0. The zero-order chi connectivity index (χ0) is 20.7. The molecule has 3 heteroatoms. The van der Waals surface area contributed by atoms with Gasteiger partial charge in [0.25, 0.3) is 0 Å². The monoisotopic (exact) mass is 378 g/mol. The van der Waals surface area contributed by atoms with Crippen molar-refractivity contribution in [3.63, 3.8) is 0 Å². The van der Waals surface area contributed by atoms with Crippen LogP contribution in [0.15, 0.2) is 6.07 Å². The van der Waals surface area contributed by atoms with Crippen LogP contribution in [0.4, 0.5) is 0 Å². The number of rotatable bonds is 11. The largest absolute Gasteiger partial charge is 0.508 e. The zero-order valence-corrected chi connectivity index (χ0v) is 18.5. The first-order valence-electron chi connectivity index (χ1n) is 10.7. The molecule has 0 aliphatic carbocycles. The van der Waals surface area contributed by atoms with Crippen molar-refractivity contribution in [1.82, 2.24) is 0 Å². The van der Waals surface area contributed by atoms with Crippen molar-refractivity contribution < 1.29 is 15.3 Å². The molecule has 3 nitrogen and oxygen atoms in total. The summed E-state index contributed by atoms with van der Waals surface area (Å²) in [6.07, 6.45) is 10.3.